The lowest BCUT2D eigenvalue weighted by Crippen LogP contribution is -2.22. The van der Waals surface area contributed by atoms with Crippen molar-refractivity contribution < 1.29 is 19.1 Å². The molecule has 0 saturated carbocycles. The SMILES string of the molecule is COC(=O)c1cc2cc(Cl)cc(CNC(=O)c3cc4ccccc4s3)c2nc1OC. The first-order chi connectivity index (χ1) is 14.5. The summed E-state index contributed by atoms with van der Waals surface area (Å²) in [4.78, 5) is 29.8. The van der Waals surface area contributed by atoms with E-state index < -0.39 is 5.97 Å². The van der Waals surface area contributed by atoms with Crippen LogP contribution in [-0.4, -0.2) is 31.1 Å². The number of halogens is 1. The van der Waals surface area contributed by atoms with Crippen molar-refractivity contribution in [1.29, 1.82) is 0 Å². The maximum Gasteiger partial charge on any atom is 0.343 e. The highest BCUT2D eigenvalue weighted by Crippen LogP contribution is 2.29. The molecule has 30 heavy (non-hydrogen) atoms. The Labute approximate surface area is 181 Å². The molecule has 4 aromatic rings. The Morgan fingerprint density at radius 1 is 1.10 bits per heavy atom. The molecule has 0 aliphatic carbocycles. The molecule has 4 rings (SSSR count). The predicted octanol–water partition coefficient (Wildman–Crippen LogP) is 4.83. The summed E-state index contributed by atoms with van der Waals surface area (Å²) in [6, 6.07) is 14.8. The average Bonchev–Trinajstić information content (AvgIpc) is 3.20. The molecule has 0 bridgehead atoms. The zero-order valence-electron chi connectivity index (χ0n) is 16.2. The molecule has 1 N–H and O–H groups in total. The molecule has 0 saturated heterocycles. The van der Waals surface area contributed by atoms with E-state index in [0.717, 1.165) is 10.1 Å². The highest BCUT2D eigenvalue weighted by molar-refractivity contribution is 7.20. The molecule has 0 radical (unpaired) electrons. The highest BCUT2D eigenvalue weighted by Gasteiger charge is 2.18. The van der Waals surface area contributed by atoms with E-state index in [4.69, 9.17) is 21.1 Å². The van der Waals surface area contributed by atoms with Crippen molar-refractivity contribution in [2.24, 2.45) is 0 Å². The van der Waals surface area contributed by atoms with Crippen LogP contribution in [-0.2, 0) is 11.3 Å². The van der Waals surface area contributed by atoms with Crippen molar-refractivity contribution in [3.05, 3.63) is 69.6 Å². The van der Waals surface area contributed by atoms with Gasteiger partial charge in [0, 0.05) is 21.7 Å². The predicted molar refractivity (Wildman–Crippen MR) is 118 cm³/mol. The van der Waals surface area contributed by atoms with E-state index in [1.807, 2.05) is 30.3 Å². The monoisotopic (exact) mass is 440 g/mol. The number of carbonyl (C=O) groups excluding carboxylic acids is 2. The van der Waals surface area contributed by atoms with E-state index in [0.29, 0.717) is 26.4 Å². The Kier molecular flexibility index (Phi) is 5.57. The number of pyridine rings is 1. The number of aromatic nitrogens is 1. The number of ether oxygens (including phenoxy) is 2. The summed E-state index contributed by atoms with van der Waals surface area (Å²) in [6.45, 7) is 0.220. The van der Waals surface area contributed by atoms with Crippen LogP contribution >= 0.6 is 22.9 Å². The molecular formula is C22H17ClN2O4S. The third-order valence-corrected chi connectivity index (χ3v) is 5.95. The summed E-state index contributed by atoms with van der Waals surface area (Å²) in [6.07, 6.45) is 0. The van der Waals surface area contributed by atoms with Crippen LogP contribution in [0.1, 0.15) is 25.6 Å². The van der Waals surface area contributed by atoms with Gasteiger partial charge in [0.05, 0.1) is 24.6 Å². The fourth-order valence-corrected chi connectivity index (χ4v) is 4.44. The van der Waals surface area contributed by atoms with Crippen molar-refractivity contribution in [2.45, 2.75) is 6.54 Å². The number of amides is 1. The van der Waals surface area contributed by atoms with Crippen LogP contribution in [0.3, 0.4) is 0 Å². The van der Waals surface area contributed by atoms with Crippen LogP contribution in [0.25, 0.3) is 21.0 Å². The van der Waals surface area contributed by atoms with E-state index in [1.54, 1.807) is 18.2 Å². The molecule has 0 atom stereocenters. The maximum atomic E-state index is 12.7. The number of hydrogen-bond acceptors (Lipinski definition) is 6. The first kappa shape index (κ1) is 20.1. The van der Waals surface area contributed by atoms with E-state index in [-0.39, 0.29) is 23.9 Å². The first-order valence-electron chi connectivity index (χ1n) is 9.02. The second kappa shape index (κ2) is 8.30. The minimum atomic E-state index is -0.555. The van der Waals surface area contributed by atoms with Crippen LogP contribution in [0, 0.1) is 0 Å². The zero-order chi connectivity index (χ0) is 21.3. The number of hydrogen-bond donors (Lipinski definition) is 1. The summed E-state index contributed by atoms with van der Waals surface area (Å²) in [5.74, 6) is -0.586. The van der Waals surface area contributed by atoms with Crippen molar-refractivity contribution in [3.8, 4) is 5.88 Å². The summed E-state index contributed by atoms with van der Waals surface area (Å²) in [7, 11) is 2.72. The van der Waals surface area contributed by atoms with Gasteiger partial charge in [0.25, 0.3) is 5.91 Å². The molecule has 0 aliphatic rings. The molecule has 0 spiro atoms. The van der Waals surface area contributed by atoms with Crippen molar-refractivity contribution in [3.63, 3.8) is 0 Å². The van der Waals surface area contributed by atoms with Crippen molar-refractivity contribution in [2.75, 3.05) is 14.2 Å². The number of nitrogens with zero attached hydrogens (tertiary/aromatic N) is 1. The van der Waals surface area contributed by atoms with Gasteiger partial charge < -0.3 is 14.8 Å². The number of methoxy groups -OCH3 is 2. The van der Waals surface area contributed by atoms with Gasteiger partial charge in [-0.15, -0.1) is 11.3 Å². The highest BCUT2D eigenvalue weighted by atomic mass is 35.5. The summed E-state index contributed by atoms with van der Waals surface area (Å²) < 4.78 is 11.1. The normalized spacial score (nSPS) is 10.9. The number of carbonyl (C=O) groups is 2. The number of fused-ring (bicyclic) bond motifs is 2. The second-order valence-corrected chi connectivity index (χ2v) is 8.02. The van der Waals surface area contributed by atoms with E-state index in [2.05, 4.69) is 10.3 Å². The van der Waals surface area contributed by atoms with Gasteiger partial charge >= 0.3 is 5.97 Å². The Balaban J connectivity index is 1.66. The third kappa shape index (κ3) is 3.81. The van der Waals surface area contributed by atoms with Gasteiger partial charge in [0.15, 0.2) is 0 Å². The van der Waals surface area contributed by atoms with Crippen LogP contribution < -0.4 is 10.1 Å². The molecule has 6 nitrogen and oxygen atoms in total. The summed E-state index contributed by atoms with van der Waals surface area (Å²) in [5, 5.41) is 5.07. The molecule has 2 aromatic carbocycles. The van der Waals surface area contributed by atoms with Crippen LogP contribution in [0.4, 0.5) is 0 Å². The Hall–Kier alpha value is -3.16. The van der Waals surface area contributed by atoms with Gasteiger partial charge in [-0.3, -0.25) is 4.79 Å². The quantitative estimate of drug-likeness (QED) is 0.450. The number of benzene rings is 2. The smallest absolute Gasteiger partial charge is 0.343 e. The van der Waals surface area contributed by atoms with Crippen molar-refractivity contribution >= 4 is 55.8 Å². The fraction of sp³-hybridized carbons (Fsp3) is 0.136. The lowest BCUT2D eigenvalue weighted by Gasteiger charge is -2.12. The van der Waals surface area contributed by atoms with Crippen molar-refractivity contribution in [1.82, 2.24) is 10.3 Å². The molecule has 2 aromatic heterocycles. The minimum absolute atomic E-state index is 0.147. The number of rotatable bonds is 5. The minimum Gasteiger partial charge on any atom is -0.480 e. The zero-order valence-corrected chi connectivity index (χ0v) is 17.8. The topological polar surface area (TPSA) is 77.5 Å². The molecule has 152 valence electrons. The van der Waals surface area contributed by atoms with Gasteiger partial charge in [-0.05, 0) is 41.3 Å². The first-order valence-corrected chi connectivity index (χ1v) is 10.2. The second-order valence-electron chi connectivity index (χ2n) is 6.50. The number of nitrogens with one attached hydrogen (secondary N) is 1. The molecular weight excluding hydrogens is 424 g/mol. The van der Waals surface area contributed by atoms with Gasteiger partial charge in [-0.2, -0.15) is 0 Å². The van der Waals surface area contributed by atoms with Crippen LogP contribution in [0.2, 0.25) is 5.02 Å². The Morgan fingerprint density at radius 3 is 2.63 bits per heavy atom. The average molecular weight is 441 g/mol. The van der Waals surface area contributed by atoms with Gasteiger partial charge in [-0.25, -0.2) is 9.78 Å². The summed E-state index contributed by atoms with van der Waals surface area (Å²) in [5.41, 5.74) is 1.50. The molecule has 1 amide bonds. The molecule has 2 heterocycles. The van der Waals surface area contributed by atoms with E-state index >= 15 is 0 Å². The lowest BCUT2D eigenvalue weighted by molar-refractivity contribution is 0.0596. The van der Waals surface area contributed by atoms with Crippen LogP contribution in [0.5, 0.6) is 5.88 Å². The van der Waals surface area contributed by atoms with Gasteiger partial charge in [0.2, 0.25) is 5.88 Å². The maximum absolute atomic E-state index is 12.7. The van der Waals surface area contributed by atoms with Gasteiger partial charge in [0.1, 0.15) is 5.56 Å². The molecule has 0 unspecified atom stereocenters. The number of thiophene rings is 1. The Bertz CT molecular complexity index is 1250. The molecule has 0 aliphatic heterocycles. The third-order valence-electron chi connectivity index (χ3n) is 4.61. The number of esters is 1. The lowest BCUT2D eigenvalue weighted by atomic mass is 10.1. The van der Waals surface area contributed by atoms with E-state index in [1.165, 1.54) is 25.6 Å². The standard InChI is InChI=1S/C22H17ClN2O4S/c1-28-21-16(22(27)29-2)9-13-7-15(23)8-14(19(13)25-21)11-24-20(26)18-10-12-5-3-4-6-17(12)30-18/h3-10H,11H2,1-2H3,(H,24,26). The summed E-state index contributed by atoms with van der Waals surface area (Å²) >= 11 is 7.70. The molecule has 0 fully saturated rings. The molecule has 8 heteroatoms. The fourth-order valence-electron chi connectivity index (χ4n) is 3.21. The Morgan fingerprint density at radius 2 is 1.90 bits per heavy atom. The van der Waals surface area contributed by atoms with Crippen LogP contribution in [0.15, 0.2) is 48.5 Å². The largest absolute Gasteiger partial charge is 0.480 e. The van der Waals surface area contributed by atoms with E-state index in [9.17, 15) is 9.59 Å². The van der Waals surface area contributed by atoms with Gasteiger partial charge in [-0.1, -0.05) is 29.8 Å².